The Balaban J connectivity index is 2.37. The van der Waals surface area contributed by atoms with E-state index in [1.165, 1.54) is 0 Å². The molecule has 1 unspecified atom stereocenters. The van der Waals surface area contributed by atoms with E-state index in [1.54, 1.807) is 30.2 Å². The van der Waals surface area contributed by atoms with Gasteiger partial charge in [-0.1, -0.05) is 18.2 Å². The molecule has 78 valence electrons. The number of thiazole rings is 1. The van der Waals surface area contributed by atoms with Gasteiger partial charge in [0.2, 0.25) is 0 Å². The summed E-state index contributed by atoms with van der Waals surface area (Å²) in [6.45, 7) is 0. The van der Waals surface area contributed by atoms with Crippen molar-refractivity contribution >= 4 is 11.3 Å². The number of ether oxygens (including phenoxy) is 1. The van der Waals surface area contributed by atoms with E-state index in [-0.39, 0.29) is 6.04 Å². The monoisotopic (exact) mass is 220 g/mol. The fourth-order valence-electron chi connectivity index (χ4n) is 1.46. The third-order valence-corrected chi connectivity index (χ3v) is 3.09. The summed E-state index contributed by atoms with van der Waals surface area (Å²) in [7, 11) is 1.65. The molecule has 4 heteroatoms. The first-order valence-corrected chi connectivity index (χ1v) is 5.47. The van der Waals surface area contributed by atoms with E-state index in [2.05, 4.69) is 4.98 Å². The van der Waals surface area contributed by atoms with Gasteiger partial charge in [-0.05, 0) is 6.07 Å². The van der Waals surface area contributed by atoms with Crippen LogP contribution in [0.4, 0.5) is 0 Å². The van der Waals surface area contributed by atoms with Crippen LogP contribution in [0.5, 0.6) is 5.75 Å². The zero-order chi connectivity index (χ0) is 10.7. The van der Waals surface area contributed by atoms with E-state index in [1.807, 2.05) is 24.3 Å². The van der Waals surface area contributed by atoms with E-state index >= 15 is 0 Å². The molecule has 1 atom stereocenters. The summed E-state index contributed by atoms with van der Waals surface area (Å²) in [4.78, 5) is 5.06. The summed E-state index contributed by atoms with van der Waals surface area (Å²) in [6.07, 6.45) is 1.79. The molecule has 2 N–H and O–H groups in total. The van der Waals surface area contributed by atoms with Gasteiger partial charge in [0.1, 0.15) is 5.75 Å². The van der Waals surface area contributed by atoms with Crippen molar-refractivity contribution < 1.29 is 4.74 Å². The summed E-state index contributed by atoms with van der Waals surface area (Å²) < 4.78 is 5.27. The molecule has 1 aromatic carbocycles. The van der Waals surface area contributed by atoms with Gasteiger partial charge >= 0.3 is 0 Å². The number of hydrogen-bond acceptors (Lipinski definition) is 4. The van der Waals surface area contributed by atoms with E-state index < -0.39 is 0 Å². The van der Waals surface area contributed by atoms with Crippen molar-refractivity contribution in [1.82, 2.24) is 4.98 Å². The molecule has 0 radical (unpaired) electrons. The fourth-order valence-corrected chi connectivity index (χ4v) is 2.09. The van der Waals surface area contributed by atoms with Gasteiger partial charge in [0.15, 0.2) is 0 Å². The maximum absolute atomic E-state index is 6.13. The average Bonchev–Trinajstić information content (AvgIpc) is 2.81. The Morgan fingerprint density at radius 3 is 2.87 bits per heavy atom. The Kier molecular flexibility index (Phi) is 2.99. The molecule has 1 heterocycles. The van der Waals surface area contributed by atoms with E-state index in [0.717, 1.165) is 16.2 Å². The van der Waals surface area contributed by atoms with Crippen LogP contribution in [0, 0.1) is 0 Å². The van der Waals surface area contributed by atoms with Crippen LogP contribution >= 0.6 is 11.3 Å². The van der Waals surface area contributed by atoms with Crippen molar-refractivity contribution in [3.8, 4) is 5.75 Å². The van der Waals surface area contributed by atoms with Gasteiger partial charge in [-0.25, -0.2) is 0 Å². The van der Waals surface area contributed by atoms with Crippen molar-refractivity contribution in [3.63, 3.8) is 0 Å². The number of aromatic nitrogens is 1. The summed E-state index contributed by atoms with van der Waals surface area (Å²) in [5.41, 5.74) is 8.90. The minimum Gasteiger partial charge on any atom is -0.496 e. The molecule has 0 saturated heterocycles. The number of nitrogens with zero attached hydrogens (tertiary/aromatic N) is 1. The van der Waals surface area contributed by atoms with Crippen LogP contribution in [0.25, 0.3) is 0 Å². The summed E-state index contributed by atoms with van der Waals surface area (Å²) in [5.74, 6) is 0.818. The van der Waals surface area contributed by atoms with Gasteiger partial charge in [0.25, 0.3) is 0 Å². The molecule has 0 aliphatic rings. The lowest BCUT2D eigenvalue weighted by molar-refractivity contribution is 0.408. The first kappa shape index (κ1) is 10.1. The largest absolute Gasteiger partial charge is 0.496 e. The Bertz CT molecular complexity index is 428. The second kappa shape index (κ2) is 4.42. The second-order valence-electron chi connectivity index (χ2n) is 3.12. The topological polar surface area (TPSA) is 48.1 Å². The number of hydrogen-bond donors (Lipinski definition) is 1. The van der Waals surface area contributed by atoms with Crippen LogP contribution < -0.4 is 10.5 Å². The third-order valence-electron chi connectivity index (χ3n) is 2.23. The summed E-state index contributed by atoms with van der Waals surface area (Å²) in [5, 5.41) is 0. The van der Waals surface area contributed by atoms with Crippen LogP contribution in [-0.4, -0.2) is 12.1 Å². The van der Waals surface area contributed by atoms with Crippen LogP contribution in [-0.2, 0) is 0 Å². The van der Waals surface area contributed by atoms with Crippen LogP contribution in [0.15, 0.2) is 36.0 Å². The van der Waals surface area contributed by atoms with Crippen molar-refractivity contribution in [2.75, 3.05) is 7.11 Å². The van der Waals surface area contributed by atoms with Crippen molar-refractivity contribution in [2.24, 2.45) is 5.73 Å². The van der Waals surface area contributed by atoms with E-state index in [9.17, 15) is 0 Å². The highest BCUT2D eigenvalue weighted by Gasteiger charge is 2.14. The summed E-state index contributed by atoms with van der Waals surface area (Å²) >= 11 is 1.55. The molecule has 15 heavy (non-hydrogen) atoms. The van der Waals surface area contributed by atoms with Crippen LogP contribution in [0.3, 0.4) is 0 Å². The highest BCUT2D eigenvalue weighted by Crippen LogP contribution is 2.29. The predicted molar refractivity (Wildman–Crippen MR) is 61.1 cm³/mol. The first-order valence-electron chi connectivity index (χ1n) is 4.60. The van der Waals surface area contributed by atoms with Gasteiger partial charge in [-0.3, -0.25) is 4.98 Å². The second-order valence-corrected chi connectivity index (χ2v) is 4.04. The Hall–Kier alpha value is -1.39. The van der Waals surface area contributed by atoms with E-state index in [0.29, 0.717) is 0 Å². The highest BCUT2D eigenvalue weighted by molar-refractivity contribution is 7.09. The normalized spacial score (nSPS) is 12.4. The lowest BCUT2D eigenvalue weighted by atomic mass is 10.1. The highest BCUT2D eigenvalue weighted by atomic mass is 32.1. The van der Waals surface area contributed by atoms with Crippen molar-refractivity contribution in [1.29, 1.82) is 0 Å². The smallest absolute Gasteiger partial charge is 0.124 e. The SMILES string of the molecule is COc1ccccc1C(N)c1cncs1. The van der Waals surface area contributed by atoms with Gasteiger partial charge in [-0.2, -0.15) is 0 Å². The number of methoxy groups -OCH3 is 1. The average molecular weight is 220 g/mol. The van der Waals surface area contributed by atoms with Gasteiger partial charge in [-0.15, -0.1) is 11.3 Å². The number of nitrogens with two attached hydrogens (primary N) is 1. The number of rotatable bonds is 3. The van der Waals surface area contributed by atoms with Gasteiger partial charge < -0.3 is 10.5 Å². The molecule has 2 aromatic rings. The molecule has 0 spiro atoms. The Morgan fingerprint density at radius 1 is 1.40 bits per heavy atom. The predicted octanol–water partition coefficient (Wildman–Crippen LogP) is 2.20. The maximum Gasteiger partial charge on any atom is 0.124 e. The quantitative estimate of drug-likeness (QED) is 0.862. The Morgan fingerprint density at radius 2 is 2.20 bits per heavy atom. The lowest BCUT2D eigenvalue weighted by Gasteiger charge is -2.13. The Labute approximate surface area is 92.5 Å². The van der Waals surface area contributed by atoms with Gasteiger partial charge in [0.05, 0.1) is 18.7 Å². The van der Waals surface area contributed by atoms with Crippen LogP contribution in [0.2, 0.25) is 0 Å². The molecule has 3 nitrogen and oxygen atoms in total. The fraction of sp³-hybridized carbons (Fsp3) is 0.182. The molecule has 0 amide bonds. The molecule has 0 saturated carbocycles. The maximum atomic E-state index is 6.13. The minimum absolute atomic E-state index is 0.159. The molecule has 0 aliphatic carbocycles. The molecule has 0 fully saturated rings. The molecule has 1 aromatic heterocycles. The standard InChI is InChI=1S/C11H12N2OS/c1-14-9-5-3-2-4-8(9)11(12)10-6-13-7-15-10/h2-7,11H,12H2,1H3. The lowest BCUT2D eigenvalue weighted by Crippen LogP contribution is -2.11. The van der Waals surface area contributed by atoms with E-state index in [4.69, 9.17) is 10.5 Å². The van der Waals surface area contributed by atoms with Crippen LogP contribution in [0.1, 0.15) is 16.5 Å². The zero-order valence-corrected chi connectivity index (χ0v) is 9.20. The summed E-state index contributed by atoms with van der Waals surface area (Å²) in [6, 6.07) is 7.62. The van der Waals surface area contributed by atoms with Crippen molar-refractivity contribution in [3.05, 3.63) is 46.4 Å². The minimum atomic E-state index is -0.159. The molecular formula is C11H12N2OS. The van der Waals surface area contributed by atoms with Crippen molar-refractivity contribution in [2.45, 2.75) is 6.04 Å². The van der Waals surface area contributed by atoms with Gasteiger partial charge in [0, 0.05) is 16.6 Å². The molecule has 0 bridgehead atoms. The third kappa shape index (κ3) is 2.00. The number of benzene rings is 1. The molecule has 0 aliphatic heterocycles. The zero-order valence-electron chi connectivity index (χ0n) is 8.38. The molecular weight excluding hydrogens is 208 g/mol. The number of para-hydroxylation sites is 1. The first-order chi connectivity index (χ1) is 7.33. The molecule has 2 rings (SSSR count).